The molecule has 4 atom stereocenters. The molecule has 83 heavy (non-hydrogen) atoms. The van der Waals surface area contributed by atoms with E-state index < -0.39 is 94.7 Å². The van der Waals surface area contributed by atoms with Crippen LogP contribution in [0.25, 0.3) is 22.5 Å². The molecule has 1 aliphatic rings. The predicted molar refractivity (Wildman–Crippen MR) is 307 cm³/mol. The van der Waals surface area contributed by atoms with Crippen molar-refractivity contribution < 1.29 is 71.9 Å². The Bertz CT molecular complexity index is 3060. The minimum absolute atomic E-state index is 0.0268. The number of likely N-dealkylation sites (N-methyl/N-ethyl adjacent to an activating group) is 1. The zero-order valence-corrected chi connectivity index (χ0v) is 50.5. The summed E-state index contributed by atoms with van der Waals surface area (Å²) >= 11 is 0. The number of fused-ring (bicyclic) bond motifs is 5. The molecule has 2 heterocycles. The number of aryl methyl sites for hydroxylation is 2. The number of carbonyl (C=O) groups is 8. The zero-order chi connectivity index (χ0) is 62.1. The molecule has 0 fully saturated rings. The number of methoxy groups -OCH3 is 1. The van der Waals surface area contributed by atoms with Gasteiger partial charge in [-0.15, -0.1) is 0 Å². The van der Waals surface area contributed by atoms with Crippen LogP contribution in [0.5, 0.6) is 17.2 Å². The molecule has 0 unspecified atom stereocenters. The van der Waals surface area contributed by atoms with E-state index in [0.29, 0.717) is 22.8 Å². The zero-order valence-electron chi connectivity index (χ0n) is 50.5. The van der Waals surface area contributed by atoms with Crippen molar-refractivity contribution >= 4 is 47.9 Å². The van der Waals surface area contributed by atoms with Crippen LogP contribution >= 0.6 is 0 Å². The van der Waals surface area contributed by atoms with Crippen molar-refractivity contribution in [1.29, 1.82) is 0 Å². The van der Waals surface area contributed by atoms with Crippen molar-refractivity contribution in [3.63, 3.8) is 0 Å². The molecule has 0 radical (unpaired) electrons. The second-order valence-electron chi connectivity index (χ2n) is 24.1. The first-order valence-electron chi connectivity index (χ1n) is 27.1. The second kappa shape index (κ2) is 26.6. The smallest absolute Gasteiger partial charge is 0.504 e. The highest BCUT2D eigenvalue weighted by atomic mass is 16.7. The van der Waals surface area contributed by atoms with Gasteiger partial charge in [-0.3, -0.25) is 19.2 Å². The maximum absolute atomic E-state index is 15.3. The van der Waals surface area contributed by atoms with Crippen LogP contribution in [0.3, 0.4) is 0 Å². The Labute approximate surface area is 484 Å². The third kappa shape index (κ3) is 18.5. The van der Waals surface area contributed by atoms with Crippen LogP contribution < -0.4 is 36.1 Å². The van der Waals surface area contributed by atoms with Gasteiger partial charge in [0.25, 0.3) is 5.91 Å². The predicted octanol–water partition coefficient (Wildman–Crippen LogP) is 7.58. The number of benzene rings is 3. The third-order valence-corrected chi connectivity index (χ3v) is 12.5. The topological polar surface area (TPSA) is 301 Å². The number of nitrogens with zero attached hydrogens (tertiary/aromatic N) is 3. The average molecular weight is 1150 g/mol. The van der Waals surface area contributed by atoms with Gasteiger partial charge in [-0.1, -0.05) is 51.1 Å². The number of aromatic hydroxyl groups is 1. The fourth-order valence-electron chi connectivity index (χ4n) is 8.67. The van der Waals surface area contributed by atoms with Crippen molar-refractivity contribution in [2.24, 2.45) is 0 Å². The number of phenols is 1. The van der Waals surface area contributed by atoms with Gasteiger partial charge in [0.1, 0.15) is 53.3 Å². The fourth-order valence-corrected chi connectivity index (χ4v) is 8.67. The quantitative estimate of drug-likeness (QED) is 0.0307. The van der Waals surface area contributed by atoms with Crippen LogP contribution in [0.4, 0.5) is 14.4 Å². The molecule has 3 aromatic carbocycles. The van der Waals surface area contributed by atoms with Crippen LogP contribution in [0.2, 0.25) is 0 Å². The van der Waals surface area contributed by atoms with Crippen LogP contribution in [0, 0.1) is 13.8 Å². The molecule has 450 valence electrons. The number of hydrogen-bond acceptors (Lipinski definition) is 17. The fraction of sp³-hybridized carbons (Fsp3) is 0.500. The van der Waals surface area contributed by atoms with E-state index >= 15 is 4.79 Å². The van der Waals surface area contributed by atoms with E-state index in [9.17, 15) is 38.7 Å². The number of carbonyl (C=O) groups excluding carboxylic acids is 8. The lowest BCUT2D eigenvalue weighted by Crippen LogP contribution is -2.55. The lowest BCUT2D eigenvalue weighted by atomic mass is 9.86. The Morgan fingerprint density at radius 1 is 0.735 bits per heavy atom. The number of nitrogens with one attached hydrogen (secondary N) is 5. The summed E-state index contributed by atoms with van der Waals surface area (Å²) in [6.07, 6.45) is -3.20. The number of amides is 6. The second-order valence-corrected chi connectivity index (χ2v) is 24.1. The number of alkyl carbamates (subject to hydrolysis) is 2. The first kappa shape index (κ1) is 65.3. The van der Waals surface area contributed by atoms with Crippen LogP contribution in [-0.4, -0.2) is 137 Å². The number of aromatic nitrogens is 2. The van der Waals surface area contributed by atoms with Crippen molar-refractivity contribution in [1.82, 2.24) is 41.5 Å². The molecule has 6 amide bonds. The normalized spacial score (nSPS) is 16.1. The van der Waals surface area contributed by atoms with Gasteiger partial charge in [-0.2, -0.15) is 0 Å². The van der Waals surface area contributed by atoms with E-state index in [4.69, 9.17) is 28.4 Å². The molecule has 6 N–H and O–H groups in total. The Kier molecular flexibility index (Phi) is 20.9. The summed E-state index contributed by atoms with van der Waals surface area (Å²) in [5.74, 6) is -4.83. The highest BCUT2D eigenvalue weighted by molar-refractivity contribution is 6.00. The Morgan fingerprint density at radius 3 is 1.87 bits per heavy atom. The minimum Gasteiger partial charge on any atom is -0.504 e. The third-order valence-electron chi connectivity index (χ3n) is 12.5. The monoisotopic (exact) mass is 1150 g/mol. The van der Waals surface area contributed by atoms with Crippen molar-refractivity contribution in [2.75, 3.05) is 33.9 Å². The maximum Gasteiger partial charge on any atom is 0.514 e. The van der Waals surface area contributed by atoms with E-state index in [1.54, 1.807) is 76.2 Å². The average Bonchev–Trinajstić information content (AvgIpc) is 3.44. The standard InChI is InChI=1S/C60H80N8O15/c1-32-45(33(2)64-48(63-32)36-18-21-38(22-19-36)57(4,5)6)50(71)66-41(24-25-61-54(75)81-58(7,8)9)52(73)68(16)46-37-20-23-43(80-56(77)83-60(13,14)15)39(31-37)40-28-35(29-42(53(74)78-17)67-49(70)34(3)65-51(46)72)30-44(47(40)69)79-27-26-62-55(76)82-59(10,11)12/h18-23,28,30-31,34,41-42,46,69H,24-27,29H2,1-17H3,(H,61,75)(H,62,76)(H,65,72)(H,66,71)(H,67,70)/t34-,41-,42-,46-/m0/s1. The molecule has 0 aliphatic carbocycles. The van der Waals surface area contributed by atoms with Gasteiger partial charge < -0.3 is 65.0 Å². The minimum atomic E-state index is -1.69. The molecule has 1 aromatic heterocycles. The highest BCUT2D eigenvalue weighted by Crippen LogP contribution is 2.44. The molecular weight excluding hydrogens is 1070 g/mol. The van der Waals surface area contributed by atoms with Gasteiger partial charge in [0.15, 0.2) is 17.3 Å². The van der Waals surface area contributed by atoms with Crippen LogP contribution in [-0.2, 0) is 50.0 Å². The molecule has 4 aromatic rings. The van der Waals surface area contributed by atoms with Gasteiger partial charge in [-0.05, 0) is 136 Å². The number of phenolic OH excluding ortho intramolecular Hbond substituents is 1. The number of ether oxygens (including phenoxy) is 6. The summed E-state index contributed by atoms with van der Waals surface area (Å²) in [4.78, 5) is 122. The summed E-state index contributed by atoms with van der Waals surface area (Å²) < 4.78 is 33.2. The van der Waals surface area contributed by atoms with Gasteiger partial charge >= 0.3 is 24.3 Å². The number of rotatable bonds is 14. The first-order chi connectivity index (χ1) is 38.4. The first-order valence-corrected chi connectivity index (χ1v) is 27.1. The van der Waals surface area contributed by atoms with E-state index in [-0.39, 0.29) is 77.3 Å². The molecule has 23 heteroatoms. The Balaban J connectivity index is 1.67. The van der Waals surface area contributed by atoms with Gasteiger partial charge in [0, 0.05) is 36.7 Å². The summed E-state index contributed by atoms with van der Waals surface area (Å²) in [5.41, 5.74) is -0.192. The van der Waals surface area contributed by atoms with E-state index in [0.717, 1.165) is 17.6 Å². The molecular formula is C60H80N8O15. The lowest BCUT2D eigenvalue weighted by Gasteiger charge is -2.33. The number of esters is 1. The van der Waals surface area contributed by atoms with E-state index in [2.05, 4.69) is 57.3 Å². The van der Waals surface area contributed by atoms with Gasteiger partial charge in [0.2, 0.25) is 17.7 Å². The summed E-state index contributed by atoms with van der Waals surface area (Å²) in [6.45, 7) is 25.3. The summed E-state index contributed by atoms with van der Waals surface area (Å²) in [6, 6.07) is 8.72. The Morgan fingerprint density at radius 2 is 1.31 bits per heavy atom. The molecule has 23 nitrogen and oxygen atoms in total. The van der Waals surface area contributed by atoms with E-state index in [1.807, 2.05) is 24.3 Å². The van der Waals surface area contributed by atoms with Gasteiger partial charge in [0.05, 0.1) is 30.6 Å². The molecule has 4 bridgehead atoms. The van der Waals surface area contributed by atoms with Crippen LogP contribution in [0.15, 0.2) is 54.6 Å². The number of hydrogen-bond donors (Lipinski definition) is 6. The molecule has 0 saturated carbocycles. The molecule has 5 rings (SSSR count). The largest absolute Gasteiger partial charge is 0.514 e. The van der Waals surface area contributed by atoms with Crippen molar-refractivity contribution in [3.8, 4) is 39.8 Å². The summed E-state index contributed by atoms with van der Waals surface area (Å²) in [7, 11) is 2.40. The van der Waals surface area contributed by atoms with Crippen molar-refractivity contribution in [2.45, 2.75) is 163 Å². The van der Waals surface area contributed by atoms with Crippen molar-refractivity contribution in [3.05, 3.63) is 88.2 Å². The molecule has 0 spiro atoms. The highest BCUT2D eigenvalue weighted by Gasteiger charge is 2.38. The molecule has 0 saturated heterocycles. The Hall–Kier alpha value is -8.50. The summed E-state index contributed by atoms with van der Waals surface area (Å²) in [5, 5.41) is 25.4. The molecule has 1 aliphatic heterocycles. The SMILES string of the molecule is COC(=O)[C@@H]1Cc2cc(OCCNC(=O)OC(C)(C)C)c(O)c(c2)-c2cc(ccc2OC(=O)OC(C)(C)C)[C@H](N(C)C(=O)[C@H](CCNC(=O)OC(C)(C)C)NC(=O)c2c(C)nc(-c3ccc(C(C)(C)C)cc3)nc2C)C(=O)N[C@@H](C)C(=O)N1. The maximum atomic E-state index is 15.3. The lowest BCUT2D eigenvalue weighted by molar-refractivity contribution is -0.145. The van der Waals surface area contributed by atoms with Crippen LogP contribution in [0.1, 0.15) is 141 Å². The van der Waals surface area contributed by atoms with Gasteiger partial charge in [-0.25, -0.2) is 29.1 Å². The van der Waals surface area contributed by atoms with E-state index in [1.165, 1.54) is 44.3 Å².